The van der Waals surface area contributed by atoms with E-state index in [9.17, 15) is 9.59 Å². The van der Waals surface area contributed by atoms with Crippen molar-refractivity contribution in [1.29, 1.82) is 0 Å². The second-order valence-electron chi connectivity index (χ2n) is 6.83. The third kappa shape index (κ3) is 2.38. The molecule has 0 aliphatic carbocycles. The summed E-state index contributed by atoms with van der Waals surface area (Å²) in [6, 6.07) is 9.31. The standard InChI is InChI=1S/C18H20N4O2/c1-20-9-4-5-14(20)17(24)21-10-7-18(12-21)11-16(23)22(13-18)15-6-2-3-8-19-15/h2-6,8-9H,7,10-13H2,1H3/t18-/m0/s1. The van der Waals surface area contributed by atoms with Crippen LogP contribution in [0.3, 0.4) is 0 Å². The number of aryl methyl sites for hydroxylation is 1. The minimum Gasteiger partial charge on any atom is -0.347 e. The molecule has 1 atom stereocenters. The predicted octanol–water partition coefficient (Wildman–Crippen LogP) is 1.69. The number of carbonyl (C=O) groups excluding carboxylic acids is 2. The van der Waals surface area contributed by atoms with Crippen molar-refractivity contribution in [2.24, 2.45) is 12.5 Å². The fraction of sp³-hybridized carbons (Fsp3) is 0.389. The highest BCUT2D eigenvalue weighted by Gasteiger charge is 2.49. The van der Waals surface area contributed by atoms with Gasteiger partial charge in [-0.25, -0.2) is 4.98 Å². The van der Waals surface area contributed by atoms with Crippen LogP contribution in [0, 0.1) is 5.41 Å². The zero-order valence-corrected chi connectivity index (χ0v) is 13.7. The highest BCUT2D eigenvalue weighted by Crippen LogP contribution is 2.41. The molecule has 0 radical (unpaired) electrons. The Kier molecular flexibility index (Phi) is 3.40. The average molecular weight is 324 g/mol. The van der Waals surface area contributed by atoms with Crippen molar-refractivity contribution in [1.82, 2.24) is 14.5 Å². The van der Waals surface area contributed by atoms with Crippen LogP contribution in [0.5, 0.6) is 0 Å². The summed E-state index contributed by atoms with van der Waals surface area (Å²) in [5.41, 5.74) is 0.549. The van der Waals surface area contributed by atoms with Crippen molar-refractivity contribution in [3.63, 3.8) is 0 Å². The summed E-state index contributed by atoms with van der Waals surface area (Å²) in [6.45, 7) is 1.97. The fourth-order valence-corrected chi connectivity index (χ4v) is 3.85. The van der Waals surface area contributed by atoms with Gasteiger partial charge in [-0.15, -0.1) is 0 Å². The molecular weight excluding hydrogens is 304 g/mol. The molecule has 0 unspecified atom stereocenters. The Morgan fingerprint density at radius 1 is 1.21 bits per heavy atom. The van der Waals surface area contributed by atoms with Gasteiger partial charge in [-0.1, -0.05) is 6.07 Å². The van der Waals surface area contributed by atoms with E-state index in [-0.39, 0.29) is 17.2 Å². The van der Waals surface area contributed by atoms with Gasteiger partial charge in [0.05, 0.1) is 0 Å². The lowest BCUT2D eigenvalue weighted by molar-refractivity contribution is -0.117. The van der Waals surface area contributed by atoms with E-state index in [1.165, 1.54) is 0 Å². The number of hydrogen-bond acceptors (Lipinski definition) is 3. The van der Waals surface area contributed by atoms with E-state index >= 15 is 0 Å². The maximum atomic E-state index is 12.7. The molecule has 2 saturated heterocycles. The summed E-state index contributed by atoms with van der Waals surface area (Å²) in [4.78, 5) is 33.1. The highest BCUT2D eigenvalue weighted by atomic mass is 16.2. The minimum absolute atomic E-state index is 0.0445. The molecular formula is C18H20N4O2. The summed E-state index contributed by atoms with van der Waals surface area (Å²) in [6.07, 6.45) is 4.92. The quantitative estimate of drug-likeness (QED) is 0.845. The van der Waals surface area contributed by atoms with E-state index in [4.69, 9.17) is 0 Å². The molecule has 0 aromatic carbocycles. The Bertz CT molecular complexity index is 785. The lowest BCUT2D eigenvalue weighted by atomic mass is 9.86. The summed E-state index contributed by atoms with van der Waals surface area (Å²) >= 11 is 0. The summed E-state index contributed by atoms with van der Waals surface area (Å²) in [5, 5.41) is 0. The van der Waals surface area contributed by atoms with Gasteiger partial charge in [0, 0.05) is 50.9 Å². The van der Waals surface area contributed by atoms with E-state index in [1.807, 2.05) is 53.0 Å². The second kappa shape index (κ2) is 5.47. The fourth-order valence-electron chi connectivity index (χ4n) is 3.85. The monoisotopic (exact) mass is 324 g/mol. The van der Waals surface area contributed by atoms with Crippen LogP contribution in [-0.4, -0.2) is 45.9 Å². The molecule has 2 aliphatic rings. The van der Waals surface area contributed by atoms with Crippen molar-refractivity contribution in [2.45, 2.75) is 12.8 Å². The summed E-state index contributed by atoms with van der Waals surface area (Å²) in [5.74, 6) is 0.844. The number of hydrogen-bond donors (Lipinski definition) is 0. The number of anilines is 1. The van der Waals surface area contributed by atoms with Crippen LogP contribution in [0.4, 0.5) is 5.82 Å². The molecule has 4 rings (SSSR count). The Balaban J connectivity index is 1.51. The molecule has 24 heavy (non-hydrogen) atoms. The number of aromatic nitrogens is 2. The van der Waals surface area contributed by atoms with Crippen molar-refractivity contribution in [2.75, 3.05) is 24.5 Å². The van der Waals surface area contributed by atoms with E-state index in [0.29, 0.717) is 37.6 Å². The number of nitrogens with zero attached hydrogens (tertiary/aromatic N) is 4. The third-order valence-electron chi connectivity index (χ3n) is 5.14. The van der Waals surface area contributed by atoms with Crippen LogP contribution in [0.25, 0.3) is 0 Å². The van der Waals surface area contributed by atoms with Crippen molar-refractivity contribution in [3.8, 4) is 0 Å². The largest absolute Gasteiger partial charge is 0.347 e. The molecule has 2 aromatic rings. The van der Waals surface area contributed by atoms with E-state index in [2.05, 4.69) is 4.98 Å². The van der Waals surface area contributed by atoms with Crippen LogP contribution in [0.2, 0.25) is 0 Å². The smallest absolute Gasteiger partial charge is 0.270 e. The first-order chi connectivity index (χ1) is 11.6. The van der Waals surface area contributed by atoms with Crippen LogP contribution in [-0.2, 0) is 11.8 Å². The molecule has 6 nitrogen and oxygen atoms in total. The normalized spacial score (nSPS) is 23.5. The van der Waals surface area contributed by atoms with Gasteiger partial charge in [0.2, 0.25) is 5.91 Å². The molecule has 6 heteroatoms. The molecule has 1 spiro atoms. The van der Waals surface area contributed by atoms with Crippen molar-refractivity contribution < 1.29 is 9.59 Å². The highest BCUT2D eigenvalue weighted by molar-refractivity contribution is 5.96. The van der Waals surface area contributed by atoms with Crippen LogP contribution >= 0.6 is 0 Å². The number of amides is 2. The average Bonchev–Trinajstić information content (AvgIpc) is 3.28. The molecule has 2 fully saturated rings. The second-order valence-corrected chi connectivity index (χ2v) is 6.83. The van der Waals surface area contributed by atoms with Crippen molar-refractivity contribution >= 4 is 17.6 Å². The molecule has 4 heterocycles. The first-order valence-corrected chi connectivity index (χ1v) is 8.20. The Morgan fingerprint density at radius 2 is 2.08 bits per heavy atom. The van der Waals surface area contributed by atoms with Gasteiger partial charge in [0.25, 0.3) is 5.91 Å². The summed E-state index contributed by atoms with van der Waals surface area (Å²) < 4.78 is 1.84. The maximum absolute atomic E-state index is 12.7. The Labute approximate surface area is 140 Å². The number of carbonyl (C=O) groups is 2. The first kappa shape index (κ1) is 14.9. The van der Waals surface area contributed by atoms with Gasteiger partial charge in [-0.05, 0) is 30.7 Å². The third-order valence-corrected chi connectivity index (χ3v) is 5.14. The molecule has 0 bridgehead atoms. The molecule has 2 aromatic heterocycles. The first-order valence-electron chi connectivity index (χ1n) is 8.20. The van der Waals surface area contributed by atoms with E-state index < -0.39 is 0 Å². The van der Waals surface area contributed by atoms with Gasteiger partial charge in [-0.2, -0.15) is 0 Å². The van der Waals surface area contributed by atoms with Gasteiger partial charge < -0.3 is 9.47 Å². The van der Waals surface area contributed by atoms with Crippen LogP contribution < -0.4 is 4.90 Å². The lowest BCUT2D eigenvalue weighted by Crippen LogP contribution is -2.35. The topological polar surface area (TPSA) is 58.4 Å². The Morgan fingerprint density at radius 3 is 2.79 bits per heavy atom. The van der Waals surface area contributed by atoms with E-state index in [1.54, 1.807) is 11.1 Å². The molecule has 124 valence electrons. The molecule has 0 saturated carbocycles. The van der Waals surface area contributed by atoms with E-state index in [0.717, 1.165) is 6.42 Å². The minimum atomic E-state index is -0.143. The molecule has 2 aliphatic heterocycles. The lowest BCUT2D eigenvalue weighted by Gasteiger charge is -2.24. The SMILES string of the molecule is Cn1cccc1C(=O)N1CC[C@]2(CC(=O)N(c3ccccn3)C2)C1. The van der Waals surface area contributed by atoms with Crippen molar-refractivity contribution in [3.05, 3.63) is 48.4 Å². The van der Waals surface area contributed by atoms with Gasteiger partial charge in [0.1, 0.15) is 11.5 Å². The van der Waals surface area contributed by atoms with Crippen LogP contribution in [0.15, 0.2) is 42.7 Å². The Hall–Kier alpha value is -2.63. The zero-order chi connectivity index (χ0) is 16.7. The number of pyridine rings is 1. The molecule has 2 amide bonds. The zero-order valence-electron chi connectivity index (χ0n) is 13.7. The number of likely N-dealkylation sites (tertiary alicyclic amines) is 1. The number of rotatable bonds is 2. The maximum Gasteiger partial charge on any atom is 0.270 e. The molecule has 0 N–H and O–H groups in total. The summed E-state index contributed by atoms with van der Waals surface area (Å²) in [7, 11) is 1.88. The van der Waals surface area contributed by atoms with Gasteiger partial charge in [-0.3, -0.25) is 14.5 Å². The van der Waals surface area contributed by atoms with Gasteiger partial charge in [0.15, 0.2) is 0 Å². The van der Waals surface area contributed by atoms with Gasteiger partial charge >= 0.3 is 0 Å². The van der Waals surface area contributed by atoms with Crippen LogP contribution in [0.1, 0.15) is 23.3 Å². The predicted molar refractivity (Wildman–Crippen MR) is 89.6 cm³/mol.